The van der Waals surface area contributed by atoms with Gasteiger partial charge in [0.2, 0.25) is 0 Å². The summed E-state index contributed by atoms with van der Waals surface area (Å²) in [5, 5.41) is 0.824. The first-order chi connectivity index (χ1) is 5.69. The molecule has 0 saturated carbocycles. The molecule has 0 spiro atoms. The van der Waals surface area contributed by atoms with Crippen molar-refractivity contribution in [3.05, 3.63) is 27.7 Å². The largest absolute Gasteiger partial charge is 0.496 e. The van der Waals surface area contributed by atoms with Crippen LogP contribution in [-0.2, 0) is 5.33 Å². The minimum absolute atomic E-state index is 0.824. The second-order valence-corrected chi connectivity index (χ2v) is 3.96. The maximum atomic E-state index is 5.21. The van der Waals surface area contributed by atoms with E-state index in [-0.39, 0.29) is 0 Å². The molecule has 0 amide bonds. The van der Waals surface area contributed by atoms with Crippen LogP contribution in [0.2, 0.25) is 0 Å². The van der Waals surface area contributed by atoms with Crippen LogP contribution in [0.1, 0.15) is 11.1 Å². The van der Waals surface area contributed by atoms with Gasteiger partial charge in [0.15, 0.2) is 0 Å². The number of methoxy groups -OCH3 is 1. The van der Waals surface area contributed by atoms with Crippen molar-refractivity contribution in [1.29, 1.82) is 0 Å². The van der Waals surface area contributed by atoms with Gasteiger partial charge in [-0.2, -0.15) is 0 Å². The SMILES string of the molecule is COc1cc(Br)c(C)cc1CBr. The number of rotatable bonds is 2. The third-order valence-corrected chi connectivity index (χ3v) is 3.16. The predicted molar refractivity (Wildman–Crippen MR) is 58.1 cm³/mol. The van der Waals surface area contributed by atoms with Gasteiger partial charge in [-0.25, -0.2) is 0 Å². The highest BCUT2D eigenvalue weighted by Crippen LogP contribution is 2.28. The summed E-state index contributed by atoms with van der Waals surface area (Å²) in [6.45, 7) is 2.07. The van der Waals surface area contributed by atoms with E-state index in [1.165, 1.54) is 11.1 Å². The van der Waals surface area contributed by atoms with Crippen molar-refractivity contribution in [2.24, 2.45) is 0 Å². The van der Waals surface area contributed by atoms with E-state index < -0.39 is 0 Å². The highest BCUT2D eigenvalue weighted by Gasteiger charge is 2.04. The molecule has 1 aromatic carbocycles. The lowest BCUT2D eigenvalue weighted by Crippen LogP contribution is -1.90. The monoisotopic (exact) mass is 292 g/mol. The molecule has 1 nitrogen and oxygen atoms in total. The topological polar surface area (TPSA) is 9.23 Å². The number of hydrogen-bond acceptors (Lipinski definition) is 1. The van der Waals surface area contributed by atoms with Crippen molar-refractivity contribution < 1.29 is 4.74 Å². The lowest BCUT2D eigenvalue weighted by Gasteiger charge is -2.08. The third-order valence-electron chi connectivity index (χ3n) is 1.71. The Morgan fingerprint density at radius 1 is 1.42 bits per heavy atom. The molecule has 0 aliphatic heterocycles. The average Bonchev–Trinajstić information content (AvgIpc) is 2.09. The molecule has 3 heteroatoms. The number of hydrogen-bond donors (Lipinski definition) is 0. The van der Waals surface area contributed by atoms with E-state index in [0.717, 1.165) is 15.6 Å². The van der Waals surface area contributed by atoms with Crippen LogP contribution >= 0.6 is 31.9 Å². The minimum Gasteiger partial charge on any atom is -0.496 e. The standard InChI is InChI=1S/C9H10Br2O/c1-6-3-7(5-10)9(12-2)4-8(6)11/h3-4H,5H2,1-2H3. The Kier molecular flexibility index (Phi) is 3.59. The van der Waals surface area contributed by atoms with Gasteiger partial charge in [0.25, 0.3) is 0 Å². The van der Waals surface area contributed by atoms with Gasteiger partial charge in [-0.15, -0.1) is 0 Å². The summed E-state index contributed by atoms with van der Waals surface area (Å²) < 4.78 is 6.30. The van der Waals surface area contributed by atoms with Crippen LogP contribution in [-0.4, -0.2) is 7.11 Å². The van der Waals surface area contributed by atoms with E-state index >= 15 is 0 Å². The number of halogens is 2. The van der Waals surface area contributed by atoms with Gasteiger partial charge in [-0.3, -0.25) is 0 Å². The first kappa shape index (κ1) is 10.1. The van der Waals surface area contributed by atoms with Crippen molar-refractivity contribution in [1.82, 2.24) is 0 Å². The fourth-order valence-corrected chi connectivity index (χ4v) is 1.78. The van der Waals surface area contributed by atoms with Crippen molar-refractivity contribution in [2.45, 2.75) is 12.3 Å². The van der Waals surface area contributed by atoms with E-state index in [0.29, 0.717) is 0 Å². The molecule has 0 radical (unpaired) electrons. The lowest BCUT2D eigenvalue weighted by molar-refractivity contribution is 0.411. The van der Waals surface area contributed by atoms with Crippen LogP contribution in [0.4, 0.5) is 0 Å². The zero-order chi connectivity index (χ0) is 9.14. The van der Waals surface area contributed by atoms with Crippen LogP contribution in [0.25, 0.3) is 0 Å². The normalized spacial score (nSPS) is 10.0. The molecule has 0 bridgehead atoms. The van der Waals surface area contributed by atoms with Crippen molar-refractivity contribution in [2.75, 3.05) is 7.11 Å². The van der Waals surface area contributed by atoms with Crippen molar-refractivity contribution in [3.8, 4) is 5.75 Å². The summed E-state index contributed by atoms with van der Waals surface area (Å²) in [6.07, 6.45) is 0. The zero-order valence-electron chi connectivity index (χ0n) is 7.03. The van der Waals surface area contributed by atoms with Gasteiger partial charge in [0, 0.05) is 15.4 Å². The Bertz CT molecular complexity index is 255. The smallest absolute Gasteiger partial charge is 0.124 e. The third kappa shape index (κ3) is 2.02. The first-order valence-corrected chi connectivity index (χ1v) is 5.49. The van der Waals surface area contributed by atoms with Gasteiger partial charge >= 0.3 is 0 Å². The van der Waals surface area contributed by atoms with Gasteiger partial charge in [0.05, 0.1) is 7.11 Å². The zero-order valence-corrected chi connectivity index (χ0v) is 10.2. The Labute approximate surface area is 89.4 Å². The molecule has 0 N–H and O–H groups in total. The first-order valence-electron chi connectivity index (χ1n) is 3.58. The fraction of sp³-hybridized carbons (Fsp3) is 0.333. The summed E-state index contributed by atoms with van der Waals surface area (Å²) in [6, 6.07) is 4.10. The second-order valence-electron chi connectivity index (χ2n) is 2.55. The molecule has 0 heterocycles. The van der Waals surface area contributed by atoms with Crippen molar-refractivity contribution >= 4 is 31.9 Å². The number of benzene rings is 1. The Morgan fingerprint density at radius 3 is 2.58 bits per heavy atom. The predicted octanol–water partition coefficient (Wildman–Crippen LogP) is 3.66. The number of ether oxygens (including phenoxy) is 1. The Balaban J connectivity index is 3.19. The summed E-state index contributed by atoms with van der Waals surface area (Å²) >= 11 is 6.87. The molecule has 0 aliphatic carbocycles. The summed E-state index contributed by atoms with van der Waals surface area (Å²) in [5.74, 6) is 0.921. The lowest BCUT2D eigenvalue weighted by atomic mass is 10.1. The quantitative estimate of drug-likeness (QED) is 0.756. The molecule has 0 unspecified atom stereocenters. The van der Waals surface area contributed by atoms with Gasteiger partial charge in [-0.05, 0) is 18.6 Å². The molecule has 0 aromatic heterocycles. The molecule has 12 heavy (non-hydrogen) atoms. The second kappa shape index (κ2) is 4.28. The van der Waals surface area contributed by atoms with Crippen molar-refractivity contribution in [3.63, 3.8) is 0 Å². The van der Waals surface area contributed by atoms with Crippen LogP contribution in [0.15, 0.2) is 16.6 Å². The Hall–Kier alpha value is -0.0200. The van der Waals surface area contributed by atoms with E-state index in [9.17, 15) is 0 Å². The number of aryl methyl sites for hydroxylation is 1. The summed E-state index contributed by atoms with van der Waals surface area (Å²) in [7, 11) is 1.68. The highest BCUT2D eigenvalue weighted by molar-refractivity contribution is 9.10. The van der Waals surface area contributed by atoms with E-state index in [2.05, 4.69) is 44.8 Å². The van der Waals surface area contributed by atoms with Gasteiger partial charge in [-0.1, -0.05) is 37.9 Å². The maximum absolute atomic E-state index is 5.21. The van der Waals surface area contributed by atoms with Crippen LogP contribution in [0.5, 0.6) is 5.75 Å². The van der Waals surface area contributed by atoms with Crippen LogP contribution in [0.3, 0.4) is 0 Å². The van der Waals surface area contributed by atoms with Crippen LogP contribution in [0, 0.1) is 6.92 Å². The molecule has 0 aliphatic rings. The van der Waals surface area contributed by atoms with Crippen LogP contribution < -0.4 is 4.74 Å². The molecule has 0 saturated heterocycles. The Morgan fingerprint density at radius 2 is 2.08 bits per heavy atom. The molecule has 1 rings (SSSR count). The van der Waals surface area contributed by atoms with E-state index in [4.69, 9.17) is 4.74 Å². The molecular formula is C9H10Br2O. The molecule has 66 valence electrons. The molecular weight excluding hydrogens is 284 g/mol. The van der Waals surface area contributed by atoms with Gasteiger partial charge < -0.3 is 4.74 Å². The van der Waals surface area contributed by atoms with Gasteiger partial charge in [0.1, 0.15) is 5.75 Å². The number of alkyl halides is 1. The minimum atomic E-state index is 0.824. The fourth-order valence-electron chi connectivity index (χ4n) is 1.02. The molecule has 0 fully saturated rings. The van der Waals surface area contributed by atoms with E-state index in [1.54, 1.807) is 7.11 Å². The average molecular weight is 294 g/mol. The summed E-state index contributed by atoms with van der Waals surface area (Å²) in [5.41, 5.74) is 2.41. The van der Waals surface area contributed by atoms with E-state index in [1.807, 2.05) is 6.07 Å². The molecule has 0 atom stereocenters. The summed E-state index contributed by atoms with van der Waals surface area (Å²) in [4.78, 5) is 0. The molecule has 1 aromatic rings. The maximum Gasteiger partial charge on any atom is 0.124 e. The highest BCUT2D eigenvalue weighted by atomic mass is 79.9.